The van der Waals surface area contributed by atoms with Gasteiger partial charge in [0.05, 0.1) is 11.5 Å². The molecule has 4 rings (SSSR count). The van der Waals surface area contributed by atoms with Crippen LogP contribution in [0.2, 0.25) is 0 Å². The Bertz CT molecular complexity index is 1050. The SMILES string of the molecule is O=C(CCCCNC(=O)[C@H](CS(=O)(=O)CC1CC1)NC1CCCCC1)c1nc2ccccc2o1. The summed E-state index contributed by atoms with van der Waals surface area (Å²) < 4.78 is 30.7. The van der Waals surface area contributed by atoms with Crippen molar-refractivity contribution in [2.45, 2.75) is 76.3 Å². The molecule has 1 aromatic carbocycles. The molecule has 2 aromatic rings. The molecule has 186 valence electrons. The third kappa shape index (κ3) is 7.37. The van der Waals surface area contributed by atoms with Gasteiger partial charge in [0.25, 0.3) is 5.89 Å². The summed E-state index contributed by atoms with van der Waals surface area (Å²) >= 11 is 0. The average molecular weight is 490 g/mol. The number of para-hydroxylation sites is 2. The minimum atomic E-state index is -3.29. The number of ketones is 1. The lowest BCUT2D eigenvalue weighted by Gasteiger charge is -2.28. The number of oxazole rings is 1. The second-order valence-electron chi connectivity index (χ2n) is 9.73. The molecule has 34 heavy (non-hydrogen) atoms. The van der Waals surface area contributed by atoms with E-state index in [0.717, 1.165) is 38.5 Å². The molecular formula is C25H35N3O5S. The molecule has 0 unspecified atom stereocenters. The smallest absolute Gasteiger partial charge is 0.264 e. The molecule has 2 aliphatic rings. The largest absolute Gasteiger partial charge is 0.434 e. The first-order chi connectivity index (χ1) is 16.4. The van der Waals surface area contributed by atoms with Crippen LogP contribution in [0.15, 0.2) is 28.7 Å². The van der Waals surface area contributed by atoms with Gasteiger partial charge in [-0.2, -0.15) is 0 Å². The number of amides is 1. The van der Waals surface area contributed by atoms with E-state index in [1.165, 1.54) is 6.42 Å². The van der Waals surface area contributed by atoms with E-state index < -0.39 is 15.9 Å². The first-order valence-corrected chi connectivity index (χ1v) is 14.3. The third-order valence-corrected chi connectivity index (χ3v) is 8.45. The van der Waals surface area contributed by atoms with Gasteiger partial charge in [0.15, 0.2) is 15.4 Å². The Morgan fingerprint density at radius 3 is 2.56 bits per heavy atom. The zero-order valence-corrected chi connectivity index (χ0v) is 20.4. The summed E-state index contributed by atoms with van der Waals surface area (Å²) in [6.45, 7) is 0.394. The molecule has 1 aromatic heterocycles. The zero-order valence-electron chi connectivity index (χ0n) is 19.6. The van der Waals surface area contributed by atoms with Gasteiger partial charge in [-0.3, -0.25) is 9.59 Å². The van der Waals surface area contributed by atoms with Crippen molar-refractivity contribution in [2.24, 2.45) is 5.92 Å². The van der Waals surface area contributed by atoms with E-state index in [0.29, 0.717) is 30.5 Å². The Hall–Kier alpha value is -2.26. The number of benzene rings is 1. The molecule has 2 N–H and O–H groups in total. The molecule has 1 atom stereocenters. The number of hydrogen-bond acceptors (Lipinski definition) is 7. The van der Waals surface area contributed by atoms with E-state index >= 15 is 0 Å². The number of nitrogens with zero attached hydrogens (tertiary/aromatic N) is 1. The van der Waals surface area contributed by atoms with Crippen LogP contribution >= 0.6 is 0 Å². The van der Waals surface area contributed by atoms with E-state index in [4.69, 9.17) is 4.42 Å². The molecule has 0 aliphatic heterocycles. The van der Waals surface area contributed by atoms with Gasteiger partial charge >= 0.3 is 0 Å². The summed E-state index contributed by atoms with van der Waals surface area (Å²) in [7, 11) is -3.29. The van der Waals surface area contributed by atoms with Crippen LogP contribution < -0.4 is 10.6 Å². The normalized spacial score (nSPS) is 18.1. The van der Waals surface area contributed by atoms with Gasteiger partial charge < -0.3 is 15.1 Å². The highest BCUT2D eigenvalue weighted by Crippen LogP contribution is 2.30. The van der Waals surface area contributed by atoms with Crippen LogP contribution in [0.1, 0.15) is 74.9 Å². The maximum atomic E-state index is 12.9. The molecule has 2 saturated carbocycles. The van der Waals surface area contributed by atoms with Gasteiger partial charge in [-0.1, -0.05) is 31.4 Å². The minimum absolute atomic E-state index is 0.114. The lowest BCUT2D eigenvalue weighted by molar-refractivity contribution is -0.122. The van der Waals surface area contributed by atoms with Crippen LogP contribution in [0.3, 0.4) is 0 Å². The summed E-state index contributed by atoms with van der Waals surface area (Å²) in [6.07, 6.45) is 8.77. The summed E-state index contributed by atoms with van der Waals surface area (Å²) in [5, 5.41) is 6.22. The van der Waals surface area contributed by atoms with Crippen molar-refractivity contribution in [1.82, 2.24) is 15.6 Å². The molecule has 2 fully saturated rings. The molecule has 1 heterocycles. The number of fused-ring (bicyclic) bond motifs is 1. The lowest BCUT2D eigenvalue weighted by atomic mass is 9.95. The standard InChI is InChI=1S/C25H35N3O5S/c29-22(25-28-20-10-4-5-12-23(20)33-25)11-6-7-15-26-24(30)21(27-19-8-2-1-3-9-19)17-34(31,32)16-18-13-14-18/h4-5,10,12,18-19,21,27H,1-3,6-9,11,13-17H2,(H,26,30)/t21-/m0/s1. The highest BCUT2D eigenvalue weighted by Gasteiger charge is 2.33. The first kappa shape index (κ1) is 24.9. The highest BCUT2D eigenvalue weighted by atomic mass is 32.2. The van der Waals surface area contributed by atoms with Crippen LogP contribution in [0.5, 0.6) is 0 Å². The van der Waals surface area contributed by atoms with Gasteiger partial charge in [-0.15, -0.1) is 0 Å². The number of aromatic nitrogens is 1. The molecular weight excluding hydrogens is 454 g/mol. The molecule has 0 bridgehead atoms. The van der Waals surface area contributed by atoms with Crippen molar-refractivity contribution in [2.75, 3.05) is 18.1 Å². The van der Waals surface area contributed by atoms with E-state index in [9.17, 15) is 18.0 Å². The number of carbonyl (C=O) groups is 2. The molecule has 9 heteroatoms. The van der Waals surface area contributed by atoms with E-state index in [2.05, 4.69) is 15.6 Å². The number of unbranched alkanes of at least 4 members (excludes halogenated alkanes) is 1. The fourth-order valence-electron chi connectivity index (χ4n) is 4.56. The van der Waals surface area contributed by atoms with Gasteiger partial charge in [-0.25, -0.2) is 13.4 Å². The maximum Gasteiger partial charge on any atom is 0.264 e. The van der Waals surface area contributed by atoms with Crippen LogP contribution in [-0.4, -0.2) is 55.2 Å². The average Bonchev–Trinajstić information content (AvgIpc) is 3.51. The van der Waals surface area contributed by atoms with Crippen LogP contribution in [0.4, 0.5) is 0 Å². The summed E-state index contributed by atoms with van der Waals surface area (Å²) in [4.78, 5) is 29.5. The van der Waals surface area contributed by atoms with Gasteiger partial charge in [0.2, 0.25) is 11.7 Å². The Labute approximate surface area is 201 Å². The molecule has 8 nitrogen and oxygen atoms in total. The highest BCUT2D eigenvalue weighted by molar-refractivity contribution is 7.91. The predicted molar refractivity (Wildman–Crippen MR) is 130 cm³/mol. The second-order valence-corrected chi connectivity index (χ2v) is 11.9. The quantitative estimate of drug-likeness (QED) is 0.327. The molecule has 0 saturated heterocycles. The van der Waals surface area contributed by atoms with Crippen molar-refractivity contribution in [3.05, 3.63) is 30.2 Å². The molecule has 0 radical (unpaired) electrons. The maximum absolute atomic E-state index is 12.9. The van der Waals surface area contributed by atoms with Gasteiger partial charge in [0, 0.05) is 19.0 Å². The molecule has 0 spiro atoms. The van der Waals surface area contributed by atoms with Crippen molar-refractivity contribution < 1.29 is 22.4 Å². The summed E-state index contributed by atoms with van der Waals surface area (Å²) in [5.74, 6) is -0.0193. The van der Waals surface area contributed by atoms with E-state index in [-0.39, 0.29) is 47.5 Å². The van der Waals surface area contributed by atoms with E-state index in [1.54, 1.807) is 12.1 Å². The van der Waals surface area contributed by atoms with Crippen molar-refractivity contribution in [1.29, 1.82) is 0 Å². The Morgan fingerprint density at radius 1 is 1.06 bits per heavy atom. The molecule has 2 aliphatic carbocycles. The fourth-order valence-corrected chi connectivity index (χ4v) is 6.51. The van der Waals surface area contributed by atoms with Gasteiger partial charge in [0.1, 0.15) is 11.6 Å². The first-order valence-electron chi connectivity index (χ1n) is 12.5. The summed E-state index contributed by atoms with van der Waals surface area (Å²) in [5.41, 5.74) is 1.25. The number of nitrogens with one attached hydrogen (secondary N) is 2. The third-order valence-electron chi connectivity index (χ3n) is 6.63. The van der Waals surface area contributed by atoms with Crippen molar-refractivity contribution >= 4 is 32.6 Å². The lowest BCUT2D eigenvalue weighted by Crippen LogP contribution is -2.52. The monoisotopic (exact) mass is 489 g/mol. The van der Waals surface area contributed by atoms with Crippen molar-refractivity contribution in [3.8, 4) is 0 Å². The van der Waals surface area contributed by atoms with Crippen LogP contribution in [-0.2, 0) is 14.6 Å². The topological polar surface area (TPSA) is 118 Å². The Kier molecular flexibility index (Phi) is 8.37. The van der Waals surface area contributed by atoms with E-state index in [1.807, 2.05) is 12.1 Å². The minimum Gasteiger partial charge on any atom is -0.434 e. The number of hydrogen-bond donors (Lipinski definition) is 2. The fraction of sp³-hybridized carbons (Fsp3) is 0.640. The number of Topliss-reactive ketones (excluding diaryl/α,β-unsaturated/α-hetero) is 1. The van der Waals surface area contributed by atoms with Crippen LogP contribution in [0.25, 0.3) is 11.1 Å². The number of carbonyl (C=O) groups excluding carboxylic acids is 2. The zero-order chi connectivity index (χ0) is 24.0. The second kappa shape index (κ2) is 11.4. The Morgan fingerprint density at radius 2 is 1.82 bits per heavy atom. The Balaban J connectivity index is 1.23. The number of rotatable bonds is 13. The van der Waals surface area contributed by atoms with Crippen molar-refractivity contribution in [3.63, 3.8) is 0 Å². The predicted octanol–water partition coefficient (Wildman–Crippen LogP) is 3.41. The van der Waals surface area contributed by atoms with Gasteiger partial charge in [-0.05, 0) is 56.6 Å². The molecule has 1 amide bonds. The van der Waals surface area contributed by atoms with Crippen LogP contribution in [0, 0.1) is 5.92 Å². The number of sulfone groups is 1. The summed E-state index contributed by atoms with van der Waals surface area (Å²) in [6, 6.07) is 6.71.